The van der Waals surface area contributed by atoms with Gasteiger partial charge in [0.1, 0.15) is 5.75 Å². The Balaban J connectivity index is 1.33. The van der Waals surface area contributed by atoms with Crippen molar-refractivity contribution in [3.63, 3.8) is 0 Å². The summed E-state index contributed by atoms with van der Waals surface area (Å²) in [5.74, 6) is 0.611. The smallest absolute Gasteiger partial charge is 0.305 e. The Hall–Kier alpha value is -2.84. The number of para-hydroxylation sites is 1. The van der Waals surface area contributed by atoms with E-state index in [9.17, 15) is 14.4 Å². The average Bonchev–Trinajstić information content (AvgIpc) is 3.58. The molecule has 34 heavy (non-hydrogen) atoms. The molecule has 7 atom stereocenters. The largest absolute Gasteiger partial charge is 0.497 e. The third-order valence-electron chi connectivity index (χ3n) is 8.21. The van der Waals surface area contributed by atoms with Gasteiger partial charge >= 0.3 is 4.87 Å². The van der Waals surface area contributed by atoms with E-state index in [0.717, 1.165) is 27.6 Å². The predicted octanol–water partition coefficient (Wildman–Crippen LogP) is 4.12. The molecule has 3 fully saturated rings. The summed E-state index contributed by atoms with van der Waals surface area (Å²) in [6.45, 7) is 0. The first-order valence-corrected chi connectivity index (χ1v) is 13.2. The highest BCUT2D eigenvalue weighted by molar-refractivity contribution is 8.00. The average molecular weight is 491 g/mol. The van der Waals surface area contributed by atoms with Crippen LogP contribution in [0.2, 0.25) is 0 Å². The first-order valence-electron chi connectivity index (χ1n) is 11.5. The number of thioether (sulfide) groups is 1. The van der Waals surface area contributed by atoms with E-state index < -0.39 is 0 Å². The van der Waals surface area contributed by atoms with Crippen molar-refractivity contribution in [3.05, 3.63) is 74.7 Å². The molecule has 1 saturated heterocycles. The van der Waals surface area contributed by atoms with E-state index in [-0.39, 0.29) is 57.4 Å². The van der Waals surface area contributed by atoms with Crippen molar-refractivity contribution in [1.29, 1.82) is 0 Å². The van der Waals surface area contributed by atoms with Crippen LogP contribution in [0.1, 0.15) is 22.8 Å². The standard InChI is InChI=1S/C26H22N2O4S2/c1-32-14-9-7-12(8-10-14)17-18-15-11-16(21(18)33-23-22(17)34-26(31)27-23)20-19(15)24(29)28(25(20)30)13-5-3-2-4-6-13/h2-10,15-21H,11H2,1H3,(H,27,31)/t15-,16-,17+,18+,19+,20+,21-/m1/s1. The summed E-state index contributed by atoms with van der Waals surface area (Å²) in [7, 11) is 1.65. The lowest BCUT2D eigenvalue weighted by Crippen LogP contribution is -2.42. The highest BCUT2D eigenvalue weighted by Gasteiger charge is 2.69. The van der Waals surface area contributed by atoms with Crippen LogP contribution in [0, 0.1) is 29.6 Å². The van der Waals surface area contributed by atoms with Gasteiger partial charge in [-0.1, -0.05) is 41.7 Å². The van der Waals surface area contributed by atoms with E-state index in [1.54, 1.807) is 18.9 Å². The Kier molecular flexibility index (Phi) is 4.42. The van der Waals surface area contributed by atoms with Crippen molar-refractivity contribution < 1.29 is 14.3 Å². The maximum atomic E-state index is 13.7. The number of H-pyrrole nitrogens is 1. The minimum Gasteiger partial charge on any atom is -0.497 e. The minimum absolute atomic E-state index is 0.0285. The van der Waals surface area contributed by atoms with Gasteiger partial charge in [-0.25, -0.2) is 0 Å². The number of anilines is 1. The van der Waals surface area contributed by atoms with Crippen molar-refractivity contribution in [2.75, 3.05) is 12.0 Å². The molecule has 7 rings (SSSR count). The van der Waals surface area contributed by atoms with E-state index >= 15 is 0 Å². The molecule has 2 aliphatic carbocycles. The van der Waals surface area contributed by atoms with E-state index in [4.69, 9.17) is 4.74 Å². The fraction of sp³-hybridized carbons (Fsp3) is 0.346. The first kappa shape index (κ1) is 20.5. The Morgan fingerprint density at radius 3 is 2.35 bits per heavy atom. The van der Waals surface area contributed by atoms with Crippen LogP contribution in [-0.4, -0.2) is 29.2 Å². The number of carbonyl (C=O) groups excluding carboxylic acids is 2. The first-order chi connectivity index (χ1) is 16.6. The second kappa shape index (κ2) is 7.33. The summed E-state index contributed by atoms with van der Waals surface area (Å²) in [5.41, 5.74) is 1.80. The van der Waals surface area contributed by atoms with Gasteiger partial charge in [-0.3, -0.25) is 19.3 Å². The van der Waals surface area contributed by atoms with Gasteiger partial charge in [-0.2, -0.15) is 0 Å². The number of hydrogen-bond donors (Lipinski definition) is 1. The zero-order chi connectivity index (χ0) is 23.1. The molecule has 4 aliphatic rings. The number of hydrogen-bond acceptors (Lipinski definition) is 6. The molecule has 1 N–H and O–H groups in total. The van der Waals surface area contributed by atoms with Crippen molar-refractivity contribution in [3.8, 4) is 5.75 Å². The van der Waals surface area contributed by atoms with Crippen molar-refractivity contribution in [2.24, 2.45) is 29.6 Å². The van der Waals surface area contributed by atoms with Crippen LogP contribution in [0.3, 0.4) is 0 Å². The van der Waals surface area contributed by atoms with Crippen LogP contribution >= 0.6 is 23.1 Å². The molecule has 3 heterocycles. The number of nitrogens with zero attached hydrogens (tertiary/aromatic N) is 1. The zero-order valence-electron chi connectivity index (χ0n) is 18.3. The molecule has 2 aliphatic heterocycles. The maximum Gasteiger partial charge on any atom is 0.305 e. The number of thiazole rings is 1. The van der Waals surface area contributed by atoms with Crippen molar-refractivity contribution >= 4 is 40.6 Å². The third kappa shape index (κ3) is 2.66. The van der Waals surface area contributed by atoms with Gasteiger partial charge in [0, 0.05) is 16.0 Å². The summed E-state index contributed by atoms with van der Waals surface area (Å²) < 4.78 is 5.36. The lowest BCUT2D eigenvalue weighted by Gasteiger charge is -2.43. The minimum atomic E-state index is -0.280. The molecule has 0 radical (unpaired) electrons. The zero-order valence-corrected chi connectivity index (χ0v) is 20.0. The van der Waals surface area contributed by atoms with Gasteiger partial charge in [-0.05, 0) is 54.0 Å². The van der Waals surface area contributed by atoms with E-state index in [0.29, 0.717) is 5.69 Å². The summed E-state index contributed by atoms with van der Waals surface area (Å²) in [6.07, 6.45) is 0.892. The van der Waals surface area contributed by atoms with Gasteiger partial charge in [0.15, 0.2) is 0 Å². The quantitative estimate of drug-likeness (QED) is 0.559. The topological polar surface area (TPSA) is 79.5 Å². The molecule has 2 aromatic carbocycles. The number of ether oxygens (including phenoxy) is 1. The van der Waals surface area contributed by atoms with Gasteiger partial charge in [0.2, 0.25) is 11.8 Å². The number of aromatic nitrogens is 1. The van der Waals surface area contributed by atoms with Crippen molar-refractivity contribution in [2.45, 2.75) is 22.6 Å². The molecule has 2 amide bonds. The van der Waals surface area contributed by atoms with Crippen LogP contribution < -0.4 is 14.5 Å². The van der Waals surface area contributed by atoms with Gasteiger partial charge in [0.05, 0.1) is 29.7 Å². The van der Waals surface area contributed by atoms with Gasteiger partial charge < -0.3 is 9.72 Å². The van der Waals surface area contributed by atoms with Crippen LogP contribution in [0.25, 0.3) is 0 Å². The molecule has 1 aromatic heterocycles. The second-order valence-electron chi connectivity index (χ2n) is 9.58. The Labute approximate surface area is 204 Å². The predicted molar refractivity (Wildman–Crippen MR) is 130 cm³/mol. The summed E-state index contributed by atoms with van der Waals surface area (Å²) in [6, 6.07) is 17.4. The number of aromatic amines is 1. The maximum absolute atomic E-state index is 13.7. The lowest BCUT2D eigenvalue weighted by atomic mass is 9.68. The van der Waals surface area contributed by atoms with Gasteiger partial charge in [-0.15, -0.1) is 11.8 Å². The van der Waals surface area contributed by atoms with E-state index in [1.165, 1.54) is 16.2 Å². The van der Waals surface area contributed by atoms with Crippen molar-refractivity contribution in [1.82, 2.24) is 4.98 Å². The molecule has 2 bridgehead atoms. The van der Waals surface area contributed by atoms with Crippen LogP contribution in [0.5, 0.6) is 5.75 Å². The van der Waals surface area contributed by atoms with Crippen LogP contribution in [-0.2, 0) is 9.59 Å². The molecule has 0 spiro atoms. The summed E-state index contributed by atoms with van der Waals surface area (Å²) >= 11 is 2.99. The van der Waals surface area contributed by atoms with Crippen LogP contribution in [0.15, 0.2) is 64.4 Å². The number of fused-ring (bicyclic) bond motifs is 9. The third-order valence-corrected chi connectivity index (χ3v) is 10.8. The Morgan fingerprint density at radius 1 is 0.941 bits per heavy atom. The van der Waals surface area contributed by atoms with E-state index in [1.807, 2.05) is 42.5 Å². The number of methoxy groups -OCH3 is 1. The fourth-order valence-electron chi connectivity index (χ4n) is 7.03. The highest BCUT2D eigenvalue weighted by atomic mass is 32.2. The molecular formula is C26H22N2O4S2. The number of amides is 2. The normalized spacial score (nSPS) is 33.1. The number of imide groups is 1. The molecule has 8 heteroatoms. The monoisotopic (exact) mass is 490 g/mol. The Morgan fingerprint density at radius 2 is 1.65 bits per heavy atom. The number of nitrogens with one attached hydrogen (secondary N) is 1. The number of carbonyl (C=O) groups is 2. The second-order valence-corrected chi connectivity index (χ2v) is 11.8. The number of benzene rings is 2. The molecule has 3 aromatic rings. The summed E-state index contributed by atoms with van der Waals surface area (Å²) in [4.78, 5) is 45.1. The van der Waals surface area contributed by atoms with Crippen LogP contribution in [0.4, 0.5) is 5.69 Å². The fourth-order valence-corrected chi connectivity index (χ4v) is 9.92. The molecule has 2 saturated carbocycles. The highest BCUT2D eigenvalue weighted by Crippen LogP contribution is 2.68. The molecule has 0 unspecified atom stereocenters. The van der Waals surface area contributed by atoms with Gasteiger partial charge in [0.25, 0.3) is 0 Å². The Bertz CT molecular complexity index is 1370. The number of rotatable bonds is 3. The molecule has 172 valence electrons. The molecular weight excluding hydrogens is 468 g/mol. The SMILES string of the molecule is COc1ccc([C@@H]2c3sc(=O)[nH]c3S[C@@H]3[C@@H]4C[C@@H]([C@@H]5C(=O)N(c6ccccc6)C(=O)[C@@H]45)[C@@H]23)cc1. The summed E-state index contributed by atoms with van der Waals surface area (Å²) in [5, 5.41) is 1.13. The lowest BCUT2D eigenvalue weighted by molar-refractivity contribution is -0.123. The van der Waals surface area contributed by atoms with E-state index in [2.05, 4.69) is 17.1 Å². The molecule has 6 nitrogen and oxygen atoms in total.